The van der Waals surface area contributed by atoms with E-state index in [-0.39, 0.29) is 35.4 Å². The van der Waals surface area contributed by atoms with Crippen LogP contribution >= 0.6 is 0 Å². The summed E-state index contributed by atoms with van der Waals surface area (Å²) in [6.45, 7) is 0.400. The summed E-state index contributed by atoms with van der Waals surface area (Å²) in [4.78, 5) is 25.1. The van der Waals surface area contributed by atoms with Gasteiger partial charge in [0.15, 0.2) is 0 Å². The molecule has 2 rings (SSSR count). The zero-order valence-electron chi connectivity index (χ0n) is 9.21. The van der Waals surface area contributed by atoms with Crippen molar-refractivity contribution in [3.63, 3.8) is 0 Å². The molecule has 0 radical (unpaired) electrons. The van der Waals surface area contributed by atoms with E-state index < -0.39 is 4.92 Å². The van der Waals surface area contributed by atoms with Crippen LogP contribution < -0.4 is 10.6 Å². The summed E-state index contributed by atoms with van der Waals surface area (Å²) in [5.74, 6) is -0.0377. The number of nitriles is 1. The standard InChI is InChI=1S/C10H9N5O3/c11-3-6-1-8(15(17)18)10(13-4-6)14-7-2-9(16)12-5-7/h1,4,7H,2,5H2,(H,12,16)(H,13,14). The predicted molar refractivity (Wildman–Crippen MR) is 60.6 cm³/mol. The average Bonchev–Trinajstić information content (AvgIpc) is 2.75. The number of hydrogen-bond donors (Lipinski definition) is 2. The molecule has 2 heterocycles. The van der Waals surface area contributed by atoms with Crippen LogP contribution in [-0.2, 0) is 4.79 Å². The molecular formula is C10H9N5O3. The summed E-state index contributed by atoms with van der Waals surface area (Å²) in [5, 5.41) is 25.0. The lowest BCUT2D eigenvalue weighted by Crippen LogP contribution is -2.23. The van der Waals surface area contributed by atoms with Crippen LogP contribution in [0.15, 0.2) is 12.3 Å². The molecule has 2 N–H and O–H groups in total. The fourth-order valence-electron chi connectivity index (χ4n) is 1.67. The summed E-state index contributed by atoms with van der Waals surface area (Å²) < 4.78 is 0. The second-order valence-electron chi connectivity index (χ2n) is 3.81. The van der Waals surface area contributed by atoms with E-state index in [1.807, 2.05) is 0 Å². The van der Waals surface area contributed by atoms with Crippen LogP contribution in [0.4, 0.5) is 11.5 Å². The Balaban J connectivity index is 2.24. The molecule has 8 heteroatoms. The van der Waals surface area contributed by atoms with Crippen LogP contribution in [0.5, 0.6) is 0 Å². The highest BCUT2D eigenvalue weighted by atomic mass is 16.6. The third kappa shape index (κ3) is 2.35. The molecule has 1 aromatic heterocycles. The van der Waals surface area contributed by atoms with Gasteiger partial charge in [-0.15, -0.1) is 0 Å². The maximum absolute atomic E-state index is 11.0. The number of nitrogens with one attached hydrogen (secondary N) is 2. The molecule has 1 saturated heterocycles. The Bertz CT molecular complexity index is 551. The summed E-state index contributed by atoms with van der Waals surface area (Å²) in [7, 11) is 0. The van der Waals surface area contributed by atoms with E-state index in [1.165, 1.54) is 6.20 Å². The smallest absolute Gasteiger partial charge is 0.312 e. The van der Waals surface area contributed by atoms with Gasteiger partial charge in [0, 0.05) is 25.2 Å². The summed E-state index contributed by atoms with van der Waals surface area (Å²) >= 11 is 0. The van der Waals surface area contributed by atoms with Gasteiger partial charge in [0.1, 0.15) is 6.07 Å². The highest BCUT2D eigenvalue weighted by Gasteiger charge is 2.25. The minimum atomic E-state index is -0.611. The highest BCUT2D eigenvalue weighted by Crippen LogP contribution is 2.24. The van der Waals surface area contributed by atoms with Crippen LogP contribution in [0.3, 0.4) is 0 Å². The van der Waals surface area contributed by atoms with Crippen molar-refractivity contribution in [3.8, 4) is 6.07 Å². The van der Waals surface area contributed by atoms with Gasteiger partial charge in [-0.05, 0) is 0 Å². The van der Waals surface area contributed by atoms with Crippen LogP contribution in [0.2, 0.25) is 0 Å². The largest absolute Gasteiger partial charge is 0.359 e. The zero-order chi connectivity index (χ0) is 13.1. The van der Waals surface area contributed by atoms with Crippen molar-refractivity contribution >= 4 is 17.4 Å². The van der Waals surface area contributed by atoms with Crippen molar-refractivity contribution in [2.24, 2.45) is 0 Å². The Kier molecular flexibility index (Phi) is 3.05. The molecule has 1 aliphatic heterocycles. The monoisotopic (exact) mass is 247 g/mol. The SMILES string of the molecule is N#Cc1cnc(NC2CNC(=O)C2)c([N+](=O)[O-])c1. The molecule has 1 aliphatic rings. The molecule has 0 aliphatic carbocycles. The van der Waals surface area contributed by atoms with Crippen molar-refractivity contribution in [2.75, 3.05) is 11.9 Å². The molecule has 0 spiro atoms. The first-order valence-corrected chi connectivity index (χ1v) is 5.18. The lowest BCUT2D eigenvalue weighted by Gasteiger charge is -2.10. The Morgan fingerprint density at radius 2 is 2.44 bits per heavy atom. The number of aromatic nitrogens is 1. The fraction of sp³-hybridized carbons (Fsp3) is 0.300. The lowest BCUT2D eigenvalue weighted by molar-refractivity contribution is -0.384. The second kappa shape index (κ2) is 4.67. The molecule has 1 amide bonds. The Morgan fingerprint density at radius 3 is 3.00 bits per heavy atom. The van der Waals surface area contributed by atoms with Crippen molar-refractivity contribution < 1.29 is 9.72 Å². The number of nitrogens with zero attached hydrogens (tertiary/aromatic N) is 3. The molecule has 1 aromatic rings. The Labute approximate surface area is 102 Å². The molecule has 0 aromatic carbocycles. The van der Waals surface area contributed by atoms with Gasteiger partial charge in [0.05, 0.1) is 16.5 Å². The highest BCUT2D eigenvalue weighted by molar-refractivity contribution is 5.79. The Morgan fingerprint density at radius 1 is 1.67 bits per heavy atom. The van der Waals surface area contributed by atoms with Gasteiger partial charge in [-0.1, -0.05) is 0 Å². The van der Waals surface area contributed by atoms with Gasteiger partial charge in [-0.3, -0.25) is 14.9 Å². The third-order valence-electron chi connectivity index (χ3n) is 2.51. The van der Waals surface area contributed by atoms with Crippen LogP contribution in [0, 0.1) is 21.4 Å². The number of anilines is 1. The van der Waals surface area contributed by atoms with E-state index in [9.17, 15) is 14.9 Å². The molecular weight excluding hydrogens is 238 g/mol. The number of amides is 1. The minimum Gasteiger partial charge on any atom is -0.359 e. The first-order valence-electron chi connectivity index (χ1n) is 5.18. The summed E-state index contributed by atoms with van der Waals surface area (Å²) in [6.07, 6.45) is 1.50. The lowest BCUT2D eigenvalue weighted by atomic mass is 10.2. The van der Waals surface area contributed by atoms with Crippen molar-refractivity contribution in [3.05, 3.63) is 27.9 Å². The maximum atomic E-state index is 11.0. The minimum absolute atomic E-state index is 0.0699. The predicted octanol–water partition coefficient (Wildman–Crippen LogP) is 0.162. The van der Waals surface area contributed by atoms with Crippen molar-refractivity contribution in [1.82, 2.24) is 10.3 Å². The van der Waals surface area contributed by atoms with Crippen LogP contribution in [-0.4, -0.2) is 28.4 Å². The molecule has 0 bridgehead atoms. The third-order valence-corrected chi connectivity index (χ3v) is 2.51. The normalized spacial score (nSPS) is 17.9. The molecule has 1 unspecified atom stereocenters. The molecule has 8 nitrogen and oxygen atoms in total. The van der Waals surface area contributed by atoms with Gasteiger partial charge in [0.2, 0.25) is 11.7 Å². The quantitative estimate of drug-likeness (QED) is 0.579. The Hall–Kier alpha value is -2.69. The first kappa shape index (κ1) is 11.8. The van der Waals surface area contributed by atoms with E-state index in [4.69, 9.17) is 5.26 Å². The van der Waals surface area contributed by atoms with E-state index in [0.717, 1.165) is 6.07 Å². The van der Waals surface area contributed by atoms with Crippen LogP contribution in [0.1, 0.15) is 12.0 Å². The van der Waals surface area contributed by atoms with E-state index in [0.29, 0.717) is 6.54 Å². The van der Waals surface area contributed by atoms with Crippen molar-refractivity contribution in [1.29, 1.82) is 5.26 Å². The number of nitro groups is 1. The number of carbonyl (C=O) groups is 1. The fourth-order valence-corrected chi connectivity index (χ4v) is 1.67. The average molecular weight is 247 g/mol. The number of carbonyl (C=O) groups excluding carboxylic acids is 1. The van der Waals surface area contributed by atoms with Crippen LogP contribution in [0.25, 0.3) is 0 Å². The molecule has 0 saturated carbocycles. The van der Waals surface area contributed by atoms with E-state index in [1.54, 1.807) is 6.07 Å². The van der Waals surface area contributed by atoms with Gasteiger partial charge in [0.25, 0.3) is 0 Å². The van der Waals surface area contributed by atoms with Crippen molar-refractivity contribution in [2.45, 2.75) is 12.5 Å². The number of hydrogen-bond acceptors (Lipinski definition) is 6. The number of rotatable bonds is 3. The van der Waals surface area contributed by atoms with E-state index in [2.05, 4.69) is 15.6 Å². The second-order valence-corrected chi connectivity index (χ2v) is 3.81. The summed E-state index contributed by atoms with van der Waals surface area (Å²) in [6, 6.07) is 2.72. The molecule has 92 valence electrons. The van der Waals surface area contributed by atoms with Gasteiger partial charge >= 0.3 is 5.69 Å². The topological polar surface area (TPSA) is 121 Å². The van der Waals surface area contributed by atoms with Gasteiger partial charge in [-0.2, -0.15) is 5.26 Å². The molecule has 1 atom stereocenters. The summed E-state index contributed by atoms with van der Waals surface area (Å²) in [5.41, 5.74) is -0.152. The molecule has 18 heavy (non-hydrogen) atoms. The van der Waals surface area contributed by atoms with Gasteiger partial charge < -0.3 is 10.6 Å². The zero-order valence-corrected chi connectivity index (χ0v) is 9.21. The number of pyridine rings is 1. The van der Waals surface area contributed by atoms with Gasteiger partial charge in [-0.25, -0.2) is 4.98 Å². The maximum Gasteiger partial charge on any atom is 0.312 e. The molecule has 1 fully saturated rings. The van der Waals surface area contributed by atoms with E-state index >= 15 is 0 Å². The first-order chi connectivity index (χ1) is 8.60.